The first kappa shape index (κ1) is 12.8. The third-order valence-corrected chi connectivity index (χ3v) is 2.81. The first-order valence-electron chi connectivity index (χ1n) is 5.86. The SMILES string of the molecule is C#CCCCC(NC)c1cn(C)nc1CC. The van der Waals surface area contributed by atoms with Gasteiger partial charge in [-0.2, -0.15) is 5.10 Å². The maximum atomic E-state index is 5.27. The van der Waals surface area contributed by atoms with E-state index in [-0.39, 0.29) is 0 Å². The Hall–Kier alpha value is -1.27. The summed E-state index contributed by atoms with van der Waals surface area (Å²) in [5.74, 6) is 2.68. The van der Waals surface area contributed by atoms with Crippen molar-refractivity contribution in [1.82, 2.24) is 15.1 Å². The number of nitrogens with one attached hydrogen (secondary N) is 1. The van der Waals surface area contributed by atoms with E-state index in [0.717, 1.165) is 25.7 Å². The van der Waals surface area contributed by atoms with Crippen LogP contribution in [0.3, 0.4) is 0 Å². The second-order valence-electron chi connectivity index (χ2n) is 4.00. The summed E-state index contributed by atoms with van der Waals surface area (Å²) in [6, 6.07) is 0.372. The van der Waals surface area contributed by atoms with E-state index in [1.807, 2.05) is 18.8 Å². The summed E-state index contributed by atoms with van der Waals surface area (Å²) in [5.41, 5.74) is 2.49. The lowest BCUT2D eigenvalue weighted by Crippen LogP contribution is -2.17. The molecule has 1 rings (SSSR count). The predicted octanol–water partition coefficient (Wildman–Crippen LogP) is 2.05. The average Bonchev–Trinajstić information content (AvgIpc) is 2.66. The number of nitrogens with zero attached hydrogens (tertiary/aromatic N) is 2. The molecule has 88 valence electrons. The molecule has 0 aliphatic rings. The molecule has 1 aromatic rings. The summed E-state index contributed by atoms with van der Waals surface area (Å²) < 4.78 is 1.89. The summed E-state index contributed by atoms with van der Waals surface area (Å²) in [7, 11) is 3.96. The highest BCUT2D eigenvalue weighted by Crippen LogP contribution is 2.22. The quantitative estimate of drug-likeness (QED) is 0.586. The summed E-state index contributed by atoms with van der Waals surface area (Å²) in [6.45, 7) is 2.14. The van der Waals surface area contributed by atoms with Crippen LogP contribution in [0.15, 0.2) is 6.20 Å². The van der Waals surface area contributed by atoms with E-state index in [2.05, 4.69) is 29.5 Å². The van der Waals surface area contributed by atoms with E-state index in [1.165, 1.54) is 11.3 Å². The van der Waals surface area contributed by atoms with Crippen LogP contribution in [-0.4, -0.2) is 16.8 Å². The van der Waals surface area contributed by atoms with Crippen molar-refractivity contribution in [1.29, 1.82) is 0 Å². The number of aryl methyl sites for hydroxylation is 2. The van der Waals surface area contributed by atoms with Crippen LogP contribution in [0.1, 0.15) is 43.5 Å². The smallest absolute Gasteiger partial charge is 0.0669 e. The van der Waals surface area contributed by atoms with Gasteiger partial charge in [-0.05, 0) is 26.3 Å². The number of rotatable bonds is 6. The number of terminal acetylenes is 1. The molecule has 3 heteroatoms. The molecule has 0 saturated carbocycles. The lowest BCUT2D eigenvalue weighted by molar-refractivity contribution is 0.528. The molecule has 0 bridgehead atoms. The minimum absolute atomic E-state index is 0.372. The van der Waals surface area contributed by atoms with Gasteiger partial charge in [-0.25, -0.2) is 0 Å². The number of hydrogen-bond acceptors (Lipinski definition) is 2. The van der Waals surface area contributed by atoms with E-state index >= 15 is 0 Å². The second kappa shape index (κ2) is 6.34. The van der Waals surface area contributed by atoms with Crippen LogP contribution in [0.5, 0.6) is 0 Å². The topological polar surface area (TPSA) is 29.9 Å². The van der Waals surface area contributed by atoms with Gasteiger partial charge >= 0.3 is 0 Å². The Morgan fingerprint density at radius 3 is 2.94 bits per heavy atom. The molecule has 0 spiro atoms. The zero-order chi connectivity index (χ0) is 12.0. The average molecular weight is 219 g/mol. The van der Waals surface area contributed by atoms with Gasteiger partial charge in [0.2, 0.25) is 0 Å². The molecule has 0 fully saturated rings. The van der Waals surface area contributed by atoms with Crippen molar-refractivity contribution < 1.29 is 0 Å². The molecule has 1 heterocycles. The van der Waals surface area contributed by atoms with E-state index in [1.54, 1.807) is 0 Å². The summed E-state index contributed by atoms with van der Waals surface area (Å²) >= 11 is 0. The molecule has 1 N–H and O–H groups in total. The van der Waals surface area contributed by atoms with Gasteiger partial charge in [-0.3, -0.25) is 4.68 Å². The Morgan fingerprint density at radius 2 is 2.38 bits per heavy atom. The van der Waals surface area contributed by atoms with Gasteiger partial charge in [0.25, 0.3) is 0 Å². The maximum absolute atomic E-state index is 5.27. The fourth-order valence-electron chi connectivity index (χ4n) is 1.98. The van der Waals surface area contributed by atoms with Crippen LogP contribution in [0.25, 0.3) is 0 Å². The van der Waals surface area contributed by atoms with E-state index in [9.17, 15) is 0 Å². The Morgan fingerprint density at radius 1 is 1.62 bits per heavy atom. The van der Waals surface area contributed by atoms with Gasteiger partial charge in [-0.1, -0.05) is 6.92 Å². The lowest BCUT2D eigenvalue weighted by Gasteiger charge is -2.15. The standard InChI is InChI=1S/C13H21N3/c1-5-7-8-9-13(14-3)11-10-16(4)15-12(11)6-2/h1,10,13-14H,6-9H2,2-4H3. The van der Waals surface area contributed by atoms with Crippen LogP contribution in [0.2, 0.25) is 0 Å². The Balaban J connectivity index is 2.74. The summed E-state index contributed by atoms with van der Waals surface area (Å²) in [5, 5.41) is 7.81. The van der Waals surface area contributed by atoms with E-state index in [4.69, 9.17) is 6.42 Å². The first-order chi connectivity index (χ1) is 7.72. The number of aromatic nitrogens is 2. The number of unbranched alkanes of at least 4 members (excludes halogenated alkanes) is 1. The minimum Gasteiger partial charge on any atom is -0.313 e. The third-order valence-electron chi connectivity index (χ3n) is 2.81. The van der Waals surface area contributed by atoms with Gasteiger partial charge < -0.3 is 5.32 Å². The van der Waals surface area contributed by atoms with Crippen LogP contribution < -0.4 is 5.32 Å². The van der Waals surface area contributed by atoms with Crippen molar-refractivity contribution in [3.05, 3.63) is 17.5 Å². The third kappa shape index (κ3) is 3.11. The molecule has 1 aromatic heterocycles. The zero-order valence-electron chi connectivity index (χ0n) is 10.5. The fourth-order valence-corrected chi connectivity index (χ4v) is 1.98. The summed E-state index contributed by atoms with van der Waals surface area (Å²) in [6.07, 6.45) is 11.3. The van der Waals surface area contributed by atoms with Crippen LogP contribution >= 0.6 is 0 Å². The highest BCUT2D eigenvalue weighted by atomic mass is 15.3. The van der Waals surface area contributed by atoms with Crippen molar-refractivity contribution >= 4 is 0 Å². The molecule has 1 unspecified atom stereocenters. The van der Waals surface area contributed by atoms with Crippen molar-refractivity contribution in [2.45, 2.75) is 38.6 Å². The molecule has 3 nitrogen and oxygen atoms in total. The van der Waals surface area contributed by atoms with Gasteiger partial charge in [-0.15, -0.1) is 12.3 Å². The molecule has 0 aliphatic carbocycles. The molecule has 0 radical (unpaired) electrons. The van der Waals surface area contributed by atoms with Crippen LogP contribution in [0, 0.1) is 12.3 Å². The second-order valence-corrected chi connectivity index (χ2v) is 4.00. The van der Waals surface area contributed by atoms with Crippen molar-refractivity contribution in [3.8, 4) is 12.3 Å². The number of hydrogen-bond donors (Lipinski definition) is 1. The lowest BCUT2D eigenvalue weighted by atomic mass is 10.0. The predicted molar refractivity (Wildman–Crippen MR) is 67.1 cm³/mol. The van der Waals surface area contributed by atoms with Gasteiger partial charge in [0.1, 0.15) is 0 Å². The Kier molecular flexibility index (Phi) is 5.07. The van der Waals surface area contributed by atoms with E-state index < -0.39 is 0 Å². The molecule has 16 heavy (non-hydrogen) atoms. The maximum Gasteiger partial charge on any atom is 0.0669 e. The largest absolute Gasteiger partial charge is 0.313 e. The normalized spacial score (nSPS) is 12.4. The minimum atomic E-state index is 0.372. The molecule has 1 atom stereocenters. The van der Waals surface area contributed by atoms with Crippen molar-refractivity contribution in [3.63, 3.8) is 0 Å². The van der Waals surface area contributed by atoms with Crippen LogP contribution in [-0.2, 0) is 13.5 Å². The van der Waals surface area contributed by atoms with Gasteiger partial charge in [0, 0.05) is 31.3 Å². The summed E-state index contributed by atoms with van der Waals surface area (Å²) in [4.78, 5) is 0. The van der Waals surface area contributed by atoms with Crippen LogP contribution in [0.4, 0.5) is 0 Å². The Bertz CT molecular complexity index is 360. The molecule has 0 aromatic carbocycles. The monoisotopic (exact) mass is 219 g/mol. The molecule has 0 saturated heterocycles. The molecule has 0 amide bonds. The highest BCUT2D eigenvalue weighted by molar-refractivity contribution is 5.21. The van der Waals surface area contributed by atoms with Gasteiger partial charge in [0.15, 0.2) is 0 Å². The van der Waals surface area contributed by atoms with Crippen molar-refractivity contribution in [2.75, 3.05) is 7.05 Å². The first-order valence-corrected chi connectivity index (χ1v) is 5.86. The van der Waals surface area contributed by atoms with E-state index in [0.29, 0.717) is 6.04 Å². The Labute approximate surface area is 98.2 Å². The molecular formula is C13H21N3. The van der Waals surface area contributed by atoms with Crippen molar-refractivity contribution in [2.24, 2.45) is 7.05 Å². The molecular weight excluding hydrogens is 198 g/mol. The van der Waals surface area contributed by atoms with Gasteiger partial charge in [0.05, 0.1) is 5.69 Å². The zero-order valence-corrected chi connectivity index (χ0v) is 10.5. The fraction of sp³-hybridized carbons (Fsp3) is 0.615. The highest BCUT2D eigenvalue weighted by Gasteiger charge is 2.15. The molecule has 0 aliphatic heterocycles.